The SMILES string of the molecule is C.CN(C)C(=O)c1ccc(SCC(=CF)CN)cc1. The van der Waals surface area contributed by atoms with Crippen molar-refractivity contribution in [3.63, 3.8) is 0 Å². The molecule has 106 valence electrons. The predicted octanol–water partition coefficient (Wildman–Crippen LogP) is 2.93. The Kier molecular flexibility index (Phi) is 8.11. The van der Waals surface area contributed by atoms with Gasteiger partial charge in [0.05, 0.1) is 6.33 Å². The number of rotatable bonds is 5. The molecule has 2 N–H and O–H groups in total. The highest BCUT2D eigenvalue weighted by Crippen LogP contribution is 2.21. The third-order valence-corrected chi connectivity index (χ3v) is 3.47. The number of amides is 1. The Balaban J connectivity index is 0.00000324. The maximum Gasteiger partial charge on any atom is 0.253 e. The molecule has 0 aliphatic carbocycles. The zero-order valence-electron chi connectivity index (χ0n) is 10.5. The Morgan fingerprint density at radius 2 is 1.95 bits per heavy atom. The molecule has 0 unspecified atom stereocenters. The van der Waals surface area contributed by atoms with E-state index in [2.05, 4.69) is 0 Å². The second-order valence-corrected chi connectivity index (χ2v) is 5.03. The first kappa shape index (κ1) is 17.7. The first-order valence-electron chi connectivity index (χ1n) is 5.51. The minimum absolute atomic E-state index is 0. The van der Waals surface area contributed by atoms with Gasteiger partial charge in [-0.2, -0.15) is 0 Å². The normalized spacial score (nSPS) is 10.8. The number of carbonyl (C=O) groups excluding carboxylic acids is 1. The zero-order valence-corrected chi connectivity index (χ0v) is 11.3. The number of benzene rings is 1. The molecular weight excluding hydrogens is 263 g/mol. The van der Waals surface area contributed by atoms with Gasteiger partial charge in [-0.05, 0) is 29.8 Å². The lowest BCUT2D eigenvalue weighted by Crippen LogP contribution is -2.21. The van der Waals surface area contributed by atoms with Crippen LogP contribution >= 0.6 is 11.8 Å². The first-order chi connectivity index (χ1) is 8.58. The fourth-order valence-electron chi connectivity index (χ4n) is 1.26. The van der Waals surface area contributed by atoms with Crippen LogP contribution in [0.25, 0.3) is 0 Å². The number of nitrogens with two attached hydrogens (primary N) is 1. The summed E-state index contributed by atoms with van der Waals surface area (Å²) in [6.45, 7) is 0.223. The fourth-order valence-corrected chi connectivity index (χ4v) is 2.12. The van der Waals surface area contributed by atoms with Crippen molar-refractivity contribution in [3.05, 3.63) is 41.7 Å². The molecule has 0 saturated heterocycles. The lowest BCUT2D eigenvalue weighted by Gasteiger charge is -2.10. The Morgan fingerprint density at radius 3 is 2.37 bits per heavy atom. The van der Waals surface area contributed by atoms with Gasteiger partial charge in [0, 0.05) is 36.9 Å². The maximum absolute atomic E-state index is 12.3. The number of nitrogens with zero attached hydrogens (tertiary/aromatic N) is 1. The van der Waals surface area contributed by atoms with E-state index in [1.807, 2.05) is 12.1 Å². The monoisotopic (exact) mass is 284 g/mol. The van der Waals surface area contributed by atoms with E-state index >= 15 is 0 Å². The van der Waals surface area contributed by atoms with Crippen molar-refractivity contribution in [2.75, 3.05) is 26.4 Å². The minimum Gasteiger partial charge on any atom is -0.345 e. The van der Waals surface area contributed by atoms with E-state index in [4.69, 9.17) is 5.73 Å². The molecule has 1 amide bonds. The molecule has 0 aliphatic rings. The summed E-state index contributed by atoms with van der Waals surface area (Å²) in [5.41, 5.74) is 6.58. The van der Waals surface area contributed by atoms with Crippen molar-refractivity contribution in [1.82, 2.24) is 4.90 Å². The maximum atomic E-state index is 12.3. The van der Waals surface area contributed by atoms with Gasteiger partial charge in [0.1, 0.15) is 0 Å². The average Bonchev–Trinajstić information content (AvgIpc) is 2.39. The summed E-state index contributed by atoms with van der Waals surface area (Å²) in [6.07, 6.45) is 0.553. The summed E-state index contributed by atoms with van der Waals surface area (Å²) in [6, 6.07) is 7.25. The molecule has 0 radical (unpaired) electrons. The number of hydrogen-bond donors (Lipinski definition) is 1. The van der Waals surface area contributed by atoms with Crippen LogP contribution in [-0.4, -0.2) is 37.2 Å². The molecule has 0 atom stereocenters. The van der Waals surface area contributed by atoms with Gasteiger partial charge in [-0.25, -0.2) is 4.39 Å². The zero-order chi connectivity index (χ0) is 13.5. The van der Waals surface area contributed by atoms with Gasteiger partial charge in [0.2, 0.25) is 0 Å². The van der Waals surface area contributed by atoms with E-state index in [9.17, 15) is 9.18 Å². The summed E-state index contributed by atoms with van der Waals surface area (Å²) in [4.78, 5) is 14.2. The fraction of sp³-hybridized carbons (Fsp3) is 0.357. The molecule has 3 nitrogen and oxygen atoms in total. The third-order valence-electron chi connectivity index (χ3n) is 2.35. The van der Waals surface area contributed by atoms with E-state index in [1.54, 1.807) is 26.2 Å². The van der Waals surface area contributed by atoms with Crippen LogP contribution in [-0.2, 0) is 0 Å². The summed E-state index contributed by atoms with van der Waals surface area (Å²) >= 11 is 1.49. The third kappa shape index (κ3) is 5.44. The molecule has 5 heteroatoms. The van der Waals surface area contributed by atoms with Gasteiger partial charge >= 0.3 is 0 Å². The molecule has 0 fully saturated rings. The van der Waals surface area contributed by atoms with E-state index in [-0.39, 0.29) is 19.9 Å². The Labute approximate surface area is 118 Å². The highest BCUT2D eigenvalue weighted by atomic mass is 32.2. The van der Waals surface area contributed by atoms with Gasteiger partial charge in [0.25, 0.3) is 5.91 Å². The van der Waals surface area contributed by atoms with Crippen molar-refractivity contribution >= 4 is 17.7 Å². The number of carbonyl (C=O) groups is 1. The van der Waals surface area contributed by atoms with Crippen molar-refractivity contribution in [2.45, 2.75) is 12.3 Å². The lowest BCUT2D eigenvalue weighted by molar-refractivity contribution is 0.0827. The molecule has 0 heterocycles. The summed E-state index contributed by atoms with van der Waals surface area (Å²) < 4.78 is 12.3. The van der Waals surface area contributed by atoms with Crippen LogP contribution in [0.5, 0.6) is 0 Å². The second-order valence-electron chi connectivity index (χ2n) is 3.98. The van der Waals surface area contributed by atoms with E-state index in [1.165, 1.54) is 16.7 Å². The molecular formula is C14H21FN2OS. The van der Waals surface area contributed by atoms with Crippen LogP contribution in [0.4, 0.5) is 4.39 Å². The largest absolute Gasteiger partial charge is 0.345 e. The number of halogens is 1. The van der Waals surface area contributed by atoms with Crippen LogP contribution < -0.4 is 5.73 Å². The van der Waals surface area contributed by atoms with Gasteiger partial charge in [-0.3, -0.25) is 4.79 Å². The quantitative estimate of drug-likeness (QED) is 0.846. The van der Waals surface area contributed by atoms with Gasteiger partial charge in [0.15, 0.2) is 0 Å². The van der Waals surface area contributed by atoms with Gasteiger partial charge in [-0.1, -0.05) is 7.43 Å². The Hall–Kier alpha value is -1.33. The van der Waals surface area contributed by atoms with E-state index in [0.717, 1.165) is 4.90 Å². The molecule has 0 saturated carbocycles. The molecule has 1 aromatic carbocycles. The highest BCUT2D eigenvalue weighted by molar-refractivity contribution is 7.99. The van der Waals surface area contributed by atoms with Gasteiger partial charge < -0.3 is 10.6 Å². The number of hydrogen-bond acceptors (Lipinski definition) is 3. The van der Waals surface area contributed by atoms with Crippen LogP contribution in [0.15, 0.2) is 41.1 Å². The van der Waals surface area contributed by atoms with Gasteiger partial charge in [-0.15, -0.1) is 11.8 Å². The first-order valence-corrected chi connectivity index (χ1v) is 6.49. The van der Waals surface area contributed by atoms with Crippen molar-refractivity contribution in [3.8, 4) is 0 Å². The van der Waals surface area contributed by atoms with Crippen LogP contribution in [0.3, 0.4) is 0 Å². The minimum atomic E-state index is -0.0298. The molecule has 1 aromatic rings. The Bertz CT molecular complexity index is 430. The van der Waals surface area contributed by atoms with Crippen molar-refractivity contribution in [1.29, 1.82) is 0 Å². The van der Waals surface area contributed by atoms with Crippen molar-refractivity contribution in [2.24, 2.45) is 5.73 Å². The summed E-state index contributed by atoms with van der Waals surface area (Å²) in [5, 5.41) is 0. The van der Waals surface area contributed by atoms with Crippen molar-refractivity contribution < 1.29 is 9.18 Å². The summed E-state index contributed by atoms with van der Waals surface area (Å²) in [7, 11) is 3.43. The molecule has 1 rings (SSSR count). The molecule has 0 aromatic heterocycles. The summed E-state index contributed by atoms with van der Waals surface area (Å²) in [5.74, 6) is 0.492. The molecule has 19 heavy (non-hydrogen) atoms. The van der Waals surface area contributed by atoms with Crippen LogP contribution in [0, 0.1) is 0 Å². The van der Waals surface area contributed by atoms with E-state index in [0.29, 0.717) is 23.2 Å². The molecule has 0 spiro atoms. The predicted molar refractivity (Wildman–Crippen MR) is 80.2 cm³/mol. The smallest absolute Gasteiger partial charge is 0.253 e. The topological polar surface area (TPSA) is 46.3 Å². The Morgan fingerprint density at radius 1 is 1.37 bits per heavy atom. The second kappa shape index (κ2) is 8.72. The average molecular weight is 284 g/mol. The van der Waals surface area contributed by atoms with Crippen LogP contribution in [0.1, 0.15) is 17.8 Å². The van der Waals surface area contributed by atoms with E-state index < -0.39 is 0 Å². The highest BCUT2D eigenvalue weighted by Gasteiger charge is 2.07. The molecule has 0 bridgehead atoms. The lowest BCUT2D eigenvalue weighted by atomic mass is 10.2. The number of thioether (sulfide) groups is 1. The van der Waals surface area contributed by atoms with Crippen LogP contribution in [0.2, 0.25) is 0 Å². The standard InChI is InChI=1S/C13H17FN2OS.CH4/c1-16(2)13(17)11-3-5-12(6-4-11)18-9-10(7-14)8-15;/h3-7H,8-9,15H2,1-2H3;1H4. The molecule has 0 aliphatic heterocycles.